The molecular formula is C20H18ClNO3. The zero-order chi connectivity index (χ0) is 17.6. The minimum atomic E-state index is -0.958. The summed E-state index contributed by atoms with van der Waals surface area (Å²) in [5.41, 5.74) is 3.20. The molecule has 0 unspecified atom stereocenters. The predicted octanol–water partition coefficient (Wildman–Crippen LogP) is 4.87. The predicted molar refractivity (Wildman–Crippen MR) is 97.8 cm³/mol. The molecule has 0 saturated heterocycles. The molecule has 0 bridgehead atoms. The minimum absolute atomic E-state index is 0.117. The lowest BCUT2D eigenvalue weighted by atomic mass is 9.76. The van der Waals surface area contributed by atoms with E-state index in [-0.39, 0.29) is 17.5 Å². The number of hydrogen-bond acceptors (Lipinski definition) is 3. The fourth-order valence-electron chi connectivity index (χ4n) is 3.92. The smallest absolute Gasteiger partial charge is 0.335 e. The maximum Gasteiger partial charge on any atom is 0.335 e. The quantitative estimate of drug-likeness (QED) is 0.771. The number of anilines is 1. The molecule has 2 N–H and O–H groups in total. The fourth-order valence-corrected chi connectivity index (χ4v) is 4.20. The number of halogens is 1. The second kappa shape index (κ2) is 6.12. The average Bonchev–Trinajstić information content (AvgIpc) is 3.11. The summed E-state index contributed by atoms with van der Waals surface area (Å²) in [7, 11) is 1.65. The van der Waals surface area contributed by atoms with Gasteiger partial charge >= 0.3 is 5.97 Å². The Labute approximate surface area is 151 Å². The monoisotopic (exact) mass is 355 g/mol. The SMILES string of the molecule is COc1ccc([C@@H]2Nc3c(Cl)cc(C(=O)O)cc3[C@@H]3C=CC[C@H]32)cc1. The number of methoxy groups -OCH3 is 1. The molecule has 0 radical (unpaired) electrons. The molecule has 1 aliphatic heterocycles. The summed E-state index contributed by atoms with van der Waals surface area (Å²) in [6.45, 7) is 0. The van der Waals surface area contributed by atoms with Crippen molar-refractivity contribution in [1.82, 2.24) is 0 Å². The van der Waals surface area contributed by atoms with Crippen LogP contribution in [0, 0.1) is 5.92 Å². The van der Waals surface area contributed by atoms with E-state index in [1.165, 1.54) is 11.6 Å². The van der Waals surface area contributed by atoms with E-state index >= 15 is 0 Å². The molecule has 2 aliphatic rings. The Kier molecular flexibility index (Phi) is 3.92. The van der Waals surface area contributed by atoms with Crippen molar-refractivity contribution in [2.45, 2.75) is 18.4 Å². The van der Waals surface area contributed by atoms with Crippen molar-refractivity contribution in [3.8, 4) is 5.75 Å². The summed E-state index contributed by atoms with van der Waals surface area (Å²) in [4.78, 5) is 11.4. The largest absolute Gasteiger partial charge is 0.497 e. The third kappa shape index (κ3) is 2.67. The lowest BCUT2D eigenvalue weighted by molar-refractivity contribution is 0.0696. The van der Waals surface area contributed by atoms with Crippen LogP contribution < -0.4 is 10.1 Å². The Morgan fingerprint density at radius 1 is 1.28 bits per heavy atom. The van der Waals surface area contributed by atoms with Crippen molar-refractivity contribution < 1.29 is 14.6 Å². The number of ether oxygens (including phenoxy) is 1. The van der Waals surface area contributed by atoms with Crippen LogP contribution in [0.25, 0.3) is 0 Å². The van der Waals surface area contributed by atoms with E-state index in [0.29, 0.717) is 10.9 Å². The molecule has 4 nitrogen and oxygen atoms in total. The van der Waals surface area contributed by atoms with Gasteiger partial charge in [0.25, 0.3) is 0 Å². The number of benzene rings is 2. The summed E-state index contributed by atoms with van der Waals surface area (Å²) in [5, 5.41) is 13.3. The van der Waals surface area contributed by atoms with Gasteiger partial charge in [-0.15, -0.1) is 0 Å². The van der Waals surface area contributed by atoms with Gasteiger partial charge in [-0.2, -0.15) is 0 Å². The number of aromatic carboxylic acids is 1. The highest BCUT2D eigenvalue weighted by molar-refractivity contribution is 6.33. The van der Waals surface area contributed by atoms with Gasteiger partial charge in [0.05, 0.1) is 29.4 Å². The normalized spacial score (nSPS) is 23.5. The third-order valence-electron chi connectivity index (χ3n) is 5.14. The maximum absolute atomic E-state index is 11.4. The molecule has 0 fully saturated rings. The first kappa shape index (κ1) is 16.0. The van der Waals surface area contributed by atoms with Crippen LogP contribution in [0.4, 0.5) is 5.69 Å². The summed E-state index contributed by atoms with van der Waals surface area (Å²) < 4.78 is 5.24. The fraction of sp³-hybridized carbons (Fsp3) is 0.250. The number of carboxylic acid groups (broad SMARTS) is 1. The summed E-state index contributed by atoms with van der Waals surface area (Å²) in [5.74, 6) is 0.367. The van der Waals surface area contributed by atoms with E-state index in [0.717, 1.165) is 23.4 Å². The Bertz CT molecular complexity index is 860. The first-order valence-electron chi connectivity index (χ1n) is 8.22. The van der Waals surface area contributed by atoms with Crippen LogP contribution in [-0.4, -0.2) is 18.2 Å². The van der Waals surface area contributed by atoms with E-state index in [2.05, 4.69) is 29.6 Å². The molecule has 0 spiro atoms. The Hall–Kier alpha value is -2.46. The van der Waals surface area contributed by atoms with E-state index in [1.807, 2.05) is 12.1 Å². The van der Waals surface area contributed by atoms with Crippen molar-refractivity contribution >= 4 is 23.3 Å². The van der Waals surface area contributed by atoms with Crippen LogP contribution >= 0.6 is 11.6 Å². The zero-order valence-corrected chi connectivity index (χ0v) is 14.5. The van der Waals surface area contributed by atoms with E-state index < -0.39 is 5.97 Å². The molecule has 0 amide bonds. The van der Waals surface area contributed by atoms with Crippen molar-refractivity contribution in [3.05, 3.63) is 70.3 Å². The first-order chi connectivity index (χ1) is 12.1. The van der Waals surface area contributed by atoms with Crippen molar-refractivity contribution in [3.63, 3.8) is 0 Å². The molecule has 2 aromatic carbocycles. The molecule has 3 atom stereocenters. The lowest BCUT2D eigenvalue weighted by Crippen LogP contribution is -2.29. The second-order valence-electron chi connectivity index (χ2n) is 6.48. The van der Waals surface area contributed by atoms with Crippen molar-refractivity contribution in [2.24, 2.45) is 5.92 Å². The molecule has 5 heteroatoms. The Balaban J connectivity index is 1.78. The number of hydrogen-bond donors (Lipinski definition) is 2. The average molecular weight is 356 g/mol. The molecule has 0 saturated carbocycles. The van der Waals surface area contributed by atoms with Crippen LogP contribution in [-0.2, 0) is 0 Å². The highest BCUT2D eigenvalue weighted by Crippen LogP contribution is 2.51. The molecule has 2 aromatic rings. The van der Waals surface area contributed by atoms with Crippen LogP contribution in [0.3, 0.4) is 0 Å². The van der Waals surface area contributed by atoms with Crippen LogP contribution in [0.1, 0.15) is 39.9 Å². The molecule has 25 heavy (non-hydrogen) atoms. The van der Waals surface area contributed by atoms with Gasteiger partial charge in [-0.1, -0.05) is 35.9 Å². The first-order valence-corrected chi connectivity index (χ1v) is 8.60. The number of allylic oxidation sites excluding steroid dienone is 2. The van der Waals surface area contributed by atoms with Crippen molar-refractivity contribution in [2.75, 3.05) is 12.4 Å². The van der Waals surface area contributed by atoms with Crippen LogP contribution in [0.5, 0.6) is 5.75 Å². The van der Waals surface area contributed by atoms with Gasteiger partial charge in [-0.25, -0.2) is 4.79 Å². The molecule has 128 valence electrons. The molecule has 0 aromatic heterocycles. The molecule has 1 aliphatic carbocycles. The second-order valence-corrected chi connectivity index (χ2v) is 6.88. The summed E-state index contributed by atoms with van der Waals surface area (Å²) in [6, 6.07) is 11.4. The van der Waals surface area contributed by atoms with E-state index in [4.69, 9.17) is 16.3 Å². The van der Waals surface area contributed by atoms with Crippen LogP contribution in [0.15, 0.2) is 48.6 Å². The highest BCUT2D eigenvalue weighted by atomic mass is 35.5. The Morgan fingerprint density at radius 2 is 2.04 bits per heavy atom. The van der Waals surface area contributed by atoms with Crippen LogP contribution in [0.2, 0.25) is 5.02 Å². The van der Waals surface area contributed by atoms with Gasteiger partial charge < -0.3 is 15.2 Å². The van der Waals surface area contributed by atoms with Gasteiger partial charge in [-0.3, -0.25) is 0 Å². The highest BCUT2D eigenvalue weighted by Gasteiger charge is 2.39. The molecule has 1 heterocycles. The van der Waals surface area contributed by atoms with Gasteiger partial charge in [0.2, 0.25) is 0 Å². The van der Waals surface area contributed by atoms with E-state index in [9.17, 15) is 9.90 Å². The summed E-state index contributed by atoms with van der Waals surface area (Å²) >= 11 is 6.41. The third-order valence-corrected chi connectivity index (χ3v) is 5.44. The minimum Gasteiger partial charge on any atom is -0.497 e. The number of nitrogens with one attached hydrogen (secondary N) is 1. The standard InChI is InChI=1S/C20H18ClNO3/c1-25-13-7-5-11(6-8-13)18-15-4-2-3-14(15)16-9-12(20(23)24)10-17(21)19(16)22-18/h2-3,5-10,14-15,18,22H,4H2,1H3,(H,23,24)/t14-,15-,18+/m1/s1. The summed E-state index contributed by atoms with van der Waals surface area (Å²) in [6.07, 6.45) is 5.29. The van der Waals surface area contributed by atoms with Gasteiger partial charge in [0.15, 0.2) is 0 Å². The number of fused-ring (bicyclic) bond motifs is 3. The topological polar surface area (TPSA) is 58.6 Å². The molecule has 4 rings (SSSR count). The maximum atomic E-state index is 11.4. The number of carboxylic acids is 1. The number of carbonyl (C=O) groups is 1. The van der Waals surface area contributed by atoms with Gasteiger partial charge in [0, 0.05) is 5.92 Å². The van der Waals surface area contributed by atoms with E-state index in [1.54, 1.807) is 13.2 Å². The Morgan fingerprint density at radius 3 is 2.72 bits per heavy atom. The lowest BCUT2D eigenvalue weighted by Gasteiger charge is -2.38. The van der Waals surface area contributed by atoms with Gasteiger partial charge in [-0.05, 0) is 47.7 Å². The van der Waals surface area contributed by atoms with Crippen molar-refractivity contribution in [1.29, 1.82) is 0 Å². The van der Waals surface area contributed by atoms with Gasteiger partial charge in [0.1, 0.15) is 5.75 Å². The molecular weight excluding hydrogens is 338 g/mol. The number of rotatable bonds is 3. The zero-order valence-electron chi connectivity index (χ0n) is 13.7.